The van der Waals surface area contributed by atoms with Crippen molar-refractivity contribution in [3.63, 3.8) is 0 Å². The summed E-state index contributed by atoms with van der Waals surface area (Å²) in [5.41, 5.74) is 2.62. The van der Waals surface area contributed by atoms with Gasteiger partial charge in [0.05, 0.1) is 12.3 Å². The van der Waals surface area contributed by atoms with Crippen molar-refractivity contribution in [2.45, 2.75) is 58.6 Å². The zero-order valence-electron chi connectivity index (χ0n) is 14.5. The van der Waals surface area contributed by atoms with Gasteiger partial charge in [0.1, 0.15) is 0 Å². The quantitative estimate of drug-likeness (QED) is 0.751. The predicted molar refractivity (Wildman–Crippen MR) is 89.8 cm³/mol. The fourth-order valence-electron chi connectivity index (χ4n) is 3.25. The highest BCUT2D eigenvalue weighted by Crippen LogP contribution is 2.23. The summed E-state index contributed by atoms with van der Waals surface area (Å²) in [6.45, 7) is 13.5. The summed E-state index contributed by atoms with van der Waals surface area (Å²) in [6, 6.07) is 0. The van der Waals surface area contributed by atoms with E-state index in [0.29, 0.717) is 0 Å². The van der Waals surface area contributed by atoms with Crippen LogP contribution in [0.3, 0.4) is 0 Å². The molecule has 0 saturated carbocycles. The molecule has 1 atom stereocenters. The summed E-state index contributed by atoms with van der Waals surface area (Å²) in [4.78, 5) is 2.37. The lowest BCUT2D eigenvalue weighted by molar-refractivity contribution is 0.0998. The van der Waals surface area contributed by atoms with Gasteiger partial charge in [-0.1, -0.05) is 20.8 Å². The molecule has 0 aromatic carbocycles. The number of aromatic amines is 1. The van der Waals surface area contributed by atoms with Crippen LogP contribution in [-0.2, 0) is 12.0 Å². The third-order valence-corrected chi connectivity index (χ3v) is 4.45. The van der Waals surface area contributed by atoms with Crippen LogP contribution in [0.15, 0.2) is 6.20 Å². The summed E-state index contributed by atoms with van der Waals surface area (Å²) >= 11 is 0. The number of aliphatic hydroxyl groups is 1. The van der Waals surface area contributed by atoms with Gasteiger partial charge < -0.3 is 15.3 Å². The lowest BCUT2D eigenvalue weighted by Gasteiger charge is -2.32. The normalized spacial score (nSPS) is 19.5. The van der Waals surface area contributed by atoms with E-state index < -0.39 is 0 Å². The number of aromatic nitrogens is 2. The topological polar surface area (TPSA) is 64.2 Å². The van der Waals surface area contributed by atoms with Crippen LogP contribution in [0.2, 0.25) is 0 Å². The highest BCUT2D eigenvalue weighted by Gasteiger charge is 2.21. The fraction of sp³-hybridized carbons (Fsp3) is 0.824. The molecule has 126 valence electrons. The van der Waals surface area contributed by atoms with Crippen LogP contribution in [0.1, 0.15) is 51.8 Å². The van der Waals surface area contributed by atoms with Gasteiger partial charge in [0, 0.05) is 29.8 Å². The molecule has 1 saturated heterocycles. The number of β-amino-alcohol motifs (C(OH)–C–C–N with tert-alkyl or cyclic N) is 1. The Morgan fingerprint density at radius 3 is 2.68 bits per heavy atom. The molecular formula is C17H32N4O. The molecule has 3 N–H and O–H groups in total. The van der Waals surface area contributed by atoms with Gasteiger partial charge in [0.25, 0.3) is 0 Å². The van der Waals surface area contributed by atoms with Crippen molar-refractivity contribution in [1.29, 1.82) is 0 Å². The third-order valence-electron chi connectivity index (χ3n) is 4.45. The minimum Gasteiger partial charge on any atom is -0.392 e. The van der Waals surface area contributed by atoms with E-state index in [4.69, 9.17) is 0 Å². The van der Waals surface area contributed by atoms with Gasteiger partial charge in [-0.05, 0) is 45.3 Å². The number of H-pyrrole nitrogens is 1. The van der Waals surface area contributed by atoms with Crippen LogP contribution >= 0.6 is 0 Å². The molecule has 0 amide bonds. The van der Waals surface area contributed by atoms with Gasteiger partial charge in [-0.2, -0.15) is 5.10 Å². The van der Waals surface area contributed by atoms with Crippen molar-refractivity contribution < 1.29 is 5.11 Å². The van der Waals surface area contributed by atoms with E-state index in [1.807, 2.05) is 13.1 Å². The maximum atomic E-state index is 9.45. The van der Waals surface area contributed by atoms with Crippen molar-refractivity contribution in [3.05, 3.63) is 17.5 Å². The minimum absolute atomic E-state index is 0.111. The van der Waals surface area contributed by atoms with Gasteiger partial charge in [0.15, 0.2) is 0 Å². The van der Waals surface area contributed by atoms with E-state index in [0.717, 1.165) is 38.6 Å². The van der Waals surface area contributed by atoms with Crippen LogP contribution in [0, 0.1) is 5.92 Å². The Morgan fingerprint density at radius 2 is 2.09 bits per heavy atom. The Bertz CT molecular complexity index is 442. The van der Waals surface area contributed by atoms with Gasteiger partial charge >= 0.3 is 0 Å². The molecule has 1 fully saturated rings. The van der Waals surface area contributed by atoms with Crippen LogP contribution in [0.5, 0.6) is 0 Å². The average molecular weight is 308 g/mol. The third kappa shape index (κ3) is 5.07. The number of likely N-dealkylation sites (tertiary alicyclic amines) is 1. The lowest BCUT2D eigenvalue weighted by atomic mass is 9.89. The highest BCUT2D eigenvalue weighted by atomic mass is 16.3. The summed E-state index contributed by atoms with van der Waals surface area (Å²) < 4.78 is 0. The van der Waals surface area contributed by atoms with Gasteiger partial charge in [0.2, 0.25) is 0 Å². The molecule has 1 aliphatic heterocycles. The van der Waals surface area contributed by atoms with E-state index in [9.17, 15) is 5.11 Å². The van der Waals surface area contributed by atoms with E-state index in [1.165, 1.54) is 24.1 Å². The number of hydrogen-bond acceptors (Lipinski definition) is 4. The minimum atomic E-state index is -0.216. The molecule has 0 bridgehead atoms. The van der Waals surface area contributed by atoms with Crippen molar-refractivity contribution >= 4 is 0 Å². The Kier molecular flexibility index (Phi) is 6.01. The summed E-state index contributed by atoms with van der Waals surface area (Å²) in [5.74, 6) is 0.746. The first-order chi connectivity index (χ1) is 10.4. The molecule has 1 aromatic heterocycles. The summed E-state index contributed by atoms with van der Waals surface area (Å²) in [5, 5.41) is 20.4. The number of nitrogens with one attached hydrogen (secondary N) is 2. The second-order valence-corrected chi connectivity index (χ2v) is 7.74. The van der Waals surface area contributed by atoms with E-state index in [1.54, 1.807) is 0 Å². The average Bonchev–Trinajstić information content (AvgIpc) is 2.88. The zero-order chi connectivity index (χ0) is 16.2. The molecule has 0 radical (unpaired) electrons. The van der Waals surface area contributed by atoms with Crippen LogP contribution in [-0.4, -0.2) is 52.5 Å². The van der Waals surface area contributed by atoms with Gasteiger partial charge in [-0.15, -0.1) is 0 Å². The van der Waals surface area contributed by atoms with Crippen LogP contribution in [0.4, 0.5) is 0 Å². The van der Waals surface area contributed by atoms with Crippen molar-refractivity contribution in [3.8, 4) is 0 Å². The molecule has 0 unspecified atom stereocenters. The van der Waals surface area contributed by atoms with Crippen molar-refractivity contribution in [1.82, 2.24) is 20.4 Å². The molecule has 5 nitrogen and oxygen atoms in total. The first kappa shape index (κ1) is 17.4. The maximum absolute atomic E-state index is 9.45. The molecule has 0 spiro atoms. The zero-order valence-corrected chi connectivity index (χ0v) is 14.5. The van der Waals surface area contributed by atoms with Crippen LogP contribution in [0.25, 0.3) is 0 Å². The van der Waals surface area contributed by atoms with E-state index >= 15 is 0 Å². The van der Waals surface area contributed by atoms with Gasteiger partial charge in [-0.3, -0.25) is 5.10 Å². The van der Waals surface area contributed by atoms with Crippen molar-refractivity contribution in [2.75, 3.05) is 26.2 Å². The molecule has 22 heavy (non-hydrogen) atoms. The Morgan fingerprint density at radius 1 is 1.41 bits per heavy atom. The molecule has 0 aliphatic carbocycles. The van der Waals surface area contributed by atoms with Gasteiger partial charge in [-0.25, -0.2) is 0 Å². The smallest absolute Gasteiger partial charge is 0.0639 e. The molecule has 1 aromatic rings. The largest absolute Gasteiger partial charge is 0.392 e. The highest BCUT2D eigenvalue weighted by molar-refractivity contribution is 5.23. The Labute approximate surface area is 134 Å². The lowest BCUT2D eigenvalue weighted by Crippen LogP contribution is -2.40. The molecule has 2 heterocycles. The number of piperidine rings is 1. The number of nitrogens with zero attached hydrogens (tertiary/aromatic N) is 2. The second kappa shape index (κ2) is 7.57. The standard InChI is InChI=1S/C17H32N4O/c1-13(22)12-21-7-5-14(6-8-21)9-18-10-15-11-19-20-16(15)17(2,3)4/h11,13-14,18,22H,5-10,12H2,1-4H3,(H,19,20)/t13-/m1/s1. The number of rotatable bonds is 6. The molecule has 1 aliphatic rings. The second-order valence-electron chi connectivity index (χ2n) is 7.74. The Hall–Kier alpha value is -0.910. The van der Waals surface area contributed by atoms with Crippen LogP contribution < -0.4 is 5.32 Å². The first-order valence-corrected chi connectivity index (χ1v) is 8.50. The SMILES string of the molecule is C[C@@H](O)CN1CCC(CNCc2cn[nH]c2C(C)(C)C)CC1. The van der Waals surface area contributed by atoms with E-state index in [-0.39, 0.29) is 11.5 Å². The monoisotopic (exact) mass is 308 g/mol. The van der Waals surface area contributed by atoms with E-state index in [2.05, 4.69) is 41.2 Å². The molecule has 2 rings (SSSR count). The maximum Gasteiger partial charge on any atom is 0.0639 e. The number of aliphatic hydroxyl groups excluding tert-OH is 1. The predicted octanol–water partition coefficient (Wildman–Crippen LogP) is 1.89. The summed E-state index contributed by atoms with van der Waals surface area (Å²) in [7, 11) is 0. The molecular weight excluding hydrogens is 276 g/mol. The Balaban J connectivity index is 1.71. The van der Waals surface area contributed by atoms with Crippen molar-refractivity contribution in [2.24, 2.45) is 5.92 Å². The fourth-order valence-corrected chi connectivity index (χ4v) is 3.25. The number of hydrogen-bond donors (Lipinski definition) is 3. The summed E-state index contributed by atoms with van der Waals surface area (Å²) in [6.07, 6.45) is 4.17. The molecule has 5 heteroatoms. The first-order valence-electron chi connectivity index (χ1n) is 8.50.